The topological polar surface area (TPSA) is 46.5 Å². The zero-order chi connectivity index (χ0) is 6.83. The van der Waals surface area contributed by atoms with E-state index in [1.54, 1.807) is 0 Å². The fourth-order valence-electron chi connectivity index (χ4n) is 0.204. The molecule has 4 heteroatoms. The Morgan fingerprint density at radius 1 is 1.50 bits per heavy atom. The monoisotopic (exact) mass is 139 g/mol. The molecule has 1 unspecified atom stereocenters. The molecule has 0 aliphatic rings. The van der Waals surface area contributed by atoms with Crippen LogP contribution in [0.5, 0.6) is 0 Å². The lowest BCUT2D eigenvalue weighted by Gasteiger charge is -1.86. The van der Waals surface area contributed by atoms with Crippen molar-refractivity contribution < 1.29 is 14.2 Å². The molecule has 3 nitrogen and oxygen atoms in total. The summed E-state index contributed by atoms with van der Waals surface area (Å²) in [7, 11) is -1.17. The first-order valence-corrected chi connectivity index (χ1v) is 3.27. The van der Waals surface area contributed by atoms with Gasteiger partial charge in [-0.15, -0.1) is 0 Å². The highest BCUT2D eigenvalue weighted by molar-refractivity contribution is 7.16. The Kier molecular flexibility index (Phi) is 21.5. The largest absolute Gasteiger partial charge is 0.491 e. The summed E-state index contributed by atoms with van der Waals surface area (Å²) in [5.74, 6) is 0. The predicted molar refractivity (Wildman–Crippen MR) is 33.4 cm³/mol. The van der Waals surface area contributed by atoms with Gasteiger partial charge in [-0.25, -0.2) is 0 Å². The second kappa shape index (κ2) is 15.7. The minimum absolute atomic E-state index is 0.844. The molecule has 0 aromatic carbocycles. The first-order valence-electron chi connectivity index (χ1n) is 2.42. The average Bonchev–Trinajstić information content (AvgIpc) is 1.71. The fraction of sp³-hybridized carbons (Fsp3) is 1.00. The lowest BCUT2D eigenvalue weighted by Crippen LogP contribution is -1.84. The number of rotatable bonds is 2. The van der Waals surface area contributed by atoms with Gasteiger partial charge in [-0.05, 0) is 18.4 Å². The summed E-state index contributed by atoms with van der Waals surface area (Å²) in [6, 6.07) is 0. The third kappa shape index (κ3) is 37.2. The van der Waals surface area contributed by atoms with E-state index in [0.717, 1.165) is 13.2 Å². The second-order valence-electron chi connectivity index (χ2n) is 0.873. The van der Waals surface area contributed by atoms with Crippen LogP contribution in [0.4, 0.5) is 0 Å². The molecule has 0 radical (unpaired) electrons. The van der Waals surface area contributed by atoms with Crippen LogP contribution in [-0.2, 0) is 9.30 Å². The van der Waals surface area contributed by atoms with Gasteiger partial charge < -0.3 is 4.74 Å². The summed E-state index contributed by atoms with van der Waals surface area (Å²) in [6.45, 7) is 5.67. The molecule has 0 saturated heterocycles. The van der Waals surface area contributed by atoms with Gasteiger partial charge >= 0.3 is 8.69 Å². The molecule has 0 aliphatic carbocycles. The summed E-state index contributed by atoms with van der Waals surface area (Å²) in [5.41, 5.74) is 0. The molecule has 0 spiro atoms. The third-order valence-electron chi connectivity index (χ3n) is 0.408. The molecule has 0 heterocycles. The van der Waals surface area contributed by atoms with E-state index in [9.17, 15) is 0 Å². The molecule has 0 aliphatic heterocycles. The van der Waals surface area contributed by atoms with Crippen molar-refractivity contribution in [3.63, 3.8) is 0 Å². The van der Waals surface area contributed by atoms with Gasteiger partial charge in [0.15, 0.2) is 0 Å². The fourth-order valence-corrected chi connectivity index (χ4v) is 0.204. The van der Waals surface area contributed by atoms with E-state index >= 15 is 0 Å². The predicted octanol–water partition coefficient (Wildman–Crippen LogP) is 0.960. The van der Waals surface area contributed by atoms with Crippen molar-refractivity contribution in [2.75, 3.05) is 13.2 Å². The van der Waals surface area contributed by atoms with Crippen LogP contribution < -0.4 is 0 Å². The number of hydrogen-bond donors (Lipinski definition) is 1. The maximum absolute atomic E-state index is 8.51. The van der Waals surface area contributed by atoms with Crippen LogP contribution in [0.1, 0.15) is 13.8 Å². The minimum Gasteiger partial charge on any atom is -0.382 e. The van der Waals surface area contributed by atoms with Crippen molar-refractivity contribution >= 4 is 8.69 Å². The van der Waals surface area contributed by atoms with E-state index in [-0.39, 0.29) is 0 Å². The third-order valence-corrected chi connectivity index (χ3v) is 0.408. The van der Waals surface area contributed by atoms with E-state index in [1.165, 1.54) is 0 Å². The lowest BCUT2D eigenvalue weighted by molar-refractivity contribution is 0.162. The highest BCUT2D eigenvalue weighted by Gasteiger charge is 1.64. The van der Waals surface area contributed by atoms with E-state index in [1.807, 2.05) is 13.8 Å². The smallest absolute Gasteiger partial charge is 0.382 e. The normalized spacial score (nSPS) is 7.88. The van der Waals surface area contributed by atoms with Crippen molar-refractivity contribution in [1.82, 2.24) is 0 Å². The Morgan fingerprint density at radius 2 is 1.75 bits per heavy atom. The number of hydrogen-bond acceptors (Lipinski definition) is 2. The summed E-state index contributed by atoms with van der Waals surface area (Å²) >= 11 is 0. The molecule has 0 bridgehead atoms. The van der Waals surface area contributed by atoms with Gasteiger partial charge in [-0.3, -0.25) is 0 Å². The molecule has 0 amide bonds. The first kappa shape index (κ1) is 10.9. The summed E-state index contributed by atoms with van der Waals surface area (Å²) in [6.07, 6.45) is 0. The van der Waals surface area contributed by atoms with Gasteiger partial charge in [-0.1, -0.05) is 0 Å². The maximum Gasteiger partial charge on any atom is 0.491 e. The van der Waals surface area contributed by atoms with Gasteiger partial charge in [0.25, 0.3) is 0 Å². The van der Waals surface area contributed by atoms with E-state index in [4.69, 9.17) is 14.2 Å². The Bertz CT molecular complexity index is 38.3. The van der Waals surface area contributed by atoms with Crippen molar-refractivity contribution in [1.29, 1.82) is 0 Å². The molecule has 1 N–H and O–H groups in total. The van der Waals surface area contributed by atoms with E-state index in [2.05, 4.69) is 0 Å². The zero-order valence-electron chi connectivity index (χ0n) is 5.18. The average molecular weight is 139 g/mol. The standard InChI is InChI=1S/C4H10O.HO2P/c1-3-5-4-2;1-3-2/h3-4H2,1-2H3;3H/p+1. The Morgan fingerprint density at radius 3 is 1.75 bits per heavy atom. The summed E-state index contributed by atoms with van der Waals surface area (Å²) in [4.78, 5) is 7.04. The Hall–Kier alpha value is 0.0200. The van der Waals surface area contributed by atoms with Gasteiger partial charge in [0.2, 0.25) is 0 Å². The van der Waals surface area contributed by atoms with Crippen LogP contribution in [0.15, 0.2) is 0 Å². The van der Waals surface area contributed by atoms with Crippen LogP contribution in [0.3, 0.4) is 0 Å². The molecule has 8 heavy (non-hydrogen) atoms. The van der Waals surface area contributed by atoms with Gasteiger partial charge in [0, 0.05) is 13.2 Å². The van der Waals surface area contributed by atoms with Gasteiger partial charge in [-0.2, -0.15) is 4.89 Å². The molecule has 0 rings (SSSR count). The van der Waals surface area contributed by atoms with Crippen LogP contribution in [0.25, 0.3) is 0 Å². The van der Waals surface area contributed by atoms with Crippen LogP contribution in [0, 0.1) is 0 Å². The Balaban J connectivity index is 0. The first-order chi connectivity index (χ1) is 3.83. The van der Waals surface area contributed by atoms with Crippen LogP contribution in [-0.4, -0.2) is 18.1 Å². The van der Waals surface area contributed by atoms with Crippen molar-refractivity contribution in [3.05, 3.63) is 0 Å². The van der Waals surface area contributed by atoms with E-state index < -0.39 is 8.69 Å². The molecular formula is C4H12O3P+. The second-order valence-corrected chi connectivity index (χ2v) is 1.06. The van der Waals surface area contributed by atoms with Crippen molar-refractivity contribution in [3.8, 4) is 0 Å². The molecule has 0 aromatic rings. The lowest BCUT2D eigenvalue weighted by atomic mass is 10.8. The van der Waals surface area contributed by atoms with Gasteiger partial charge in [0.05, 0.1) is 0 Å². The van der Waals surface area contributed by atoms with Gasteiger partial charge in [0.1, 0.15) is 0 Å². The molecular weight excluding hydrogens is 127 g/mol. The highest BCUT2D eigenvalue weighted by Crippen LogP contribution is 1.66. The quantitative estimate of drug-likeness (QED) is 0.579. The SMILES string of the molecule is CCOCC.O=[PH+]O. The zero-order valence-corrected chi connectivity index (χ0v) is 6.18. The van der Waals surface area contributed by atoms with Crippen LogP contribution >= 0.6 is 8.69 Å². The summed E-state index contributed by atoms with van der Waals surface area (Å²) < 4.78 is 13.3. The van der Waals surface area contributed by atoms with Crippen LogP contribution in [0.2, 0.25) is 0 Å². The molecule has 50 valence electrons. The van der Waals surface area contributed by atoms with Crippen molar-refractivity contribution in [2.45, 2.75) is 13.8 Å². The molecule has 1 atom stereocenters. The van der Waals surface area contributed by atoms with Crippen molar-refractivity contribution in [2.24, 2.45) is 0 Å². The maximum atomic E-state index is 8.51. The van der Waals surface area contributed by atoms with E-state index in [0.29, 0.717) is 0 Å². The molecule has 0 saturated carbocycles. The highest BCUT2D eigenvalue weighted by atomic mass is 31.1. The molecule has 0 fully saturated rings. The molecule has 0 aromatic heterocycles. The minimum atomic E-state index is -1.17. The summed E-state index contributed by atoms with van der Waals surface area (Å²) in [5, 5.41) is 0. The Labute approximate surface area is 51.0 Å². The number of ether oxygens (including phenoxy) is 1.